The van der Waals surface area contributed by atoms with Gasteiger partial charge in [-0.05, 0) is 48.3 Å². The van der Waals surface area contributed by atoms with E-state index in [0.29, 0.717) is 35.4 Å². The van der Waals surface area contributed by atoms with E-state index in [1.807, 2.05) is 5.32 Å². The molecule has 1 unspecified atom stereocenters. The third-order valence-corrected chi connectivity index (χ3v) is 6.82. The number of aromatic nitrogens is 1. The molecule has 0 radical (unpaired) electrons. The molecule has 200 valence electrons. The van der Waals surface area contributed by atoms with Gasteiger partial charge in [0, 0.05) is 23.2 Å². The van der Waals surface area contributed by atoms with Crippen LogP contribution in [-0.4, -0.2) is 28.4 Å². The van der Waals surface area contributed by atoms with Crippen LogP contribution in [0.25, 0.3) is 10.9 Å². The van der Waals surface area contributed by atoms with Crippen LogP contribution in [-0.2, 0) is 28.5 Å². The summed E-state index contributed by atoms with van der Waals surface area (Å²) in [5.41, 5.74) is -0.374. The molecule has 8 nitrogen and oxygen atoms in total. The minimum atomic E-state index is -4.95. The number of para-hydroxylation sites is 1. The van der Waals surface area contributed by atoms with E-state index in [9.17, 15) is 32.9 Å². The highest BCUT2D eigenvalue weighted by Gasteiger charge is 2.36. The van der Waals surface area contributed by atoms with Crippen molar-refractivity contribution in [2.75, 3.05) is 11.9 Å². The Balaban J connectivity index is 1.58. The molecule has 11 heteroatoms. The largest absolute Gasteiger partial charge is 0.452 e. The van der Waals surface area contributed by atoms with Crippen LogP contribution in [0.1, 0.15) is 54.4 Å². The van der Waals surface area contributed by atoms with Crippen molar-refractivity contribution in [2.24, 2.45) is 11.3 Å². The van der Waals surface area contributed by atoms with Crippen LogP contribution < -0.4 is 5.32 Å². The molecule has 1 heterocycles. The number of anilines is 1. The number of esters is 1. The summed E-state index contributed by atoms with van der Waals surface area (Å²) in [5.74, 6) is -1.50. The highest BCUT2D eigenvalue weighted by Crippen LogP contribution is 2.40. The summed E-state index contributed by atoms with van der Waals surface area (Å²) >= 11 is 0. The Hall–Kier alpha value is -4.02. The minimum absolute atomic E-state index is 0.00859. The SMILES string of the molecule is CC(C)(C)C1CCc2nc3ccccc3c(C(=O)OCC(=O)Nc3ccc([N+](=O)[O-])cc3C(F)(F)F)c2C1. The first kappa shape index (κ1) is 27.0. The fourth-order valence-electron chi connectivity index (χ4n) is 4.74. The first-order valence-corrected chi connectivity index (χ1v) is 12.0. The monoisotopic (exact) mass is 529 g/mol. The quantitative estimate of drug-likeness (QED) is 0.243. The highest BCUT2D eigenvalue weighted by molar-refractivity contribution is 6.06. The molecule has 1 aliphatic rings. The van der Waals surface area contributed by atoms with E-state index in [1.54, 1.807) is 24.3 Å². The van der Waals surface area contributed by atoms with Gasteiger partial charge in [-0.2, -0.15) is 13.2 Å². The lowest BCUT2D eigenvalue weighted by Crippen LogP contribution is -2.29. The lowest BCUT2D eigenvalue weighted by atomic mass is 9.70. The van der Waals surface area contributed by atoms with Crippen LogP contribution in [0, 0.1) is 21.4 Å². The number of aryl methyl sites for hydroxylation is 1. The van der Waals surface area contributed by atoms with E-state index in [2.05, 4.69) is 20.8 Å². The molecule has 0 saturated carbocycles. The lowest BCUT2D eigenvalue weighted by molar-refractivity contribution is -0.385. The summed E-state index contributed by atoms with van der Waals surface area (Å²) in [5, 5.41) is 13.5. The molecule has 1 aromatic heterocycles. The average Bonchev–Trinajstić information content (AvgIpc) is 2.84. The topological polar surface area (TPSA) is 111 Å². The first-order valence-electron chi connectivity index (χ1n) is 12.0. The highest BCUT2D eigenvalue weighted by atomic mass is 19.4. The summed E-state index contributed by atoms with van der Waals surface area (Å²) in [6.07, 6.45) is -2.76. The van der Waals surface area contributed by atoms with Gasteiger partial charge in [0.1, 0.15) is 0 Å². The number of halogens is 3. The standard InChI is InChI=1S/C27H26F3N3O5/c1-26(2,3)15-8-10-21-18(12-15)24(17-6-4-5-7-20(17)31-21)25(35)38-14-23(34)32-22-11-9-16(33(36)37)13-19(22)27(28,29)30/h4-7,9,11,13,15H,8,10,12,14H2,1-3H3,(H,32,34). The number of ether oxygens (including phenoxy) is 1. The summed E-state index contributed by atoms with van der Waals surface area (Å²) in [6.45, 7) is 5.55. The molecule has 1 atom stereocenters. The number of nitrogens with zero attached hydrogens (tertiary/aromatic N) is 2. The van der Waals surface area contributed by atoms with Crippen molar-refractivity contribution in [1.82, 2.24) is 4.98 Å². The molecule has 2 aromatic carbocycles. The van der Waals surface area contributed by atoms with Gasteiger partial charge in [0.15, 0.2) is 6.61 Å². The summed E-state index contributed by atoms with van der Waals surface area (Å²) in [6, 6.07) is 9.06. The molecular formula is C27H26F3N3O5. The molecule has 1 aliphatic carbocycles. The Kier molecular flexibility index (Phi) is 7.14. The van der Waals surface area contributed by atoms with Crippen LogP contribution in [0.4, 0.5) is 24.5 Å². The summed E-state index contributed by atoms with van der Waals surface area (Å²) in [7, 11) is 0. The third kappa shape index (κ3) is 5.61. The maximum absolute atomic E-state index is 13.4. The van der Waals surface area contributed by atoms with E-state index < -0.39 is 46.5 Å². The van der Waals surface area contributed by atoms with Crippen molar-refractivity contribution in [3.63, 3.8) is 0 Å². The maximum atomic E-state index is 13.4. The van der Waals surface area contributed by atoms with E-state index in [1.165, 1.54) is 0 Å². The number of non-ortho nitro benzene ring substituents is 1. The number of carbonyl (C=O) groups excluding carboxylic acids is 2. The number of nitrogens with one attached hydrogen (secondary N) is 1. The van der Waals surface area contributed by atoms with Crippen LogP contribution in [0.2, 0.25) is 0 Å². The molecule has 0 spiro atoms. The Morgan fingerprint density at radius 1 is 1.16 bits per heavy atom. The van der Waals surface area contributed by atoms with Crippen LogP contribution in [0.3, 0.4) is 0 Å². The van der Waals surface area contributed by atoms with E-state index in [-0.39, 0.29) is 11.3 Å². The normalized spacial score (nSPS) is 15.6. The Morgan fingerprint density at radius 2 is 1.87 bits per heavy atom. The van der Waals surface area contributed by atoms with Crippen molar-refractivity contribution in [3.8, 4) is 0 Å². The van der Waals surface area contributed by atoms with Crippen LogP contribution >= 0.6 is 0 Å². The summed E-state index contributed by atoms with van der Waals surface area (Å²) < 4.78 is 45.6. The zero-order valence-electron chi connectivity index (χ0n) is 21.0. The predicted octanol–water partition coefficient (Wildman–Crippen LogP) is 6.11. The second-order valence-corrected chi connectivity index (χ2v) is 10.3. The fraction of sp³-hybridized carbons (Fsp3) is 0.370. The molecular weight excluding hydrogens is 503 g/mol. The number of fused-ring (bicyclic) bond motifs is 2. The molecule has 3 aromatic rings. The number of hydrogen-bond acceptors (Lipinski definition) is 6. The Bertz CT molecular complexity index is 1430. The molecule has 1 amide bonds. The number of amides is 1. The second kappa shape index (κ2) is 10.0. The minimum Gasteiger partial charge on any atom is -0.452 e. The Morgan fingerprint density at radius 3 is 2.53 bits per heavy atom. The van der Waals surface area contributed by atoms with E-state index in [4.69, 9.17) is 9.72 Å². The van der Waals surface area contributed by atoms with Gasteiger partial charge in [0.05, 0.1) is 27.3 Å². The zero-order chi connectivity index (χ0) is 27.8. The van der Waals surface area contributed by atoms with Crippen molar-refractivity contribution in [3.05, 3.63) is 75.0 Å². The van der Waals surface area contributed by atoms with E-state index in [0.717, 1.165) is 29.8 Å². The third-order valence-electron chi connectivity index (χ3n) is 6.82. The van der Waals surface area contributed by atoms with Crippen LogP contribution in [0.5, 0.6) is 0 Å². The number of nitro benzene ring substituents is 1. The number of carbonyl (C=O) groups is 2. The molecule has 0 saturated heterocycles. The summed E-state index contributed by atoms with van der Waals surface area (Å²) in [4.78, 5) is 40.4. The molecule has 1 N–H and O–H groups in total. The molecule has 38 heavy (non-hydrogen) atoms. The second-order valence-electron chi connectivity index (χ2n) is 10.3. The van der Waals surface area contributed by atoms with Crippen LogP contribution in [0.15, 0.2) is 42.5 Å². The van der Waals surface area contributed by atoms with Crippen molar-refractivity contribution >= 4 is 34.2 Å². The number of benzene rings is 2. The number of rotatable bonds is 5. The van der Waals surface area contributed by atoms with Gasteiger partial charge in [-0.3, -0.25) is 19.9 Å². The van der Waals surface area contributed by atoms with E-state index >= 15 is 0 Å². The molecule has 0 bridgehead atoms. The van der Waals surface area contributed by atoms with Gasteiger partial charge in [0.25, 0.3) is 11.6 Å². The molecule has 4 rings (SSSR count). The predicted molar refractivity (Wildman–Crippen MR) is 134 cm³/mol. The van der Waals surface area contributed by atoms with Crippen molar-refractivity contribution in [2.45, 2.75) is 46.2 Å². The number of hydrogen-bond donors (Lipinski definition) is 1. The molecule has 0 fully saturated rings. The lowest BCUT2D eigenvalue weighted by Gasteiger charge is -2.35. The maximum Gasteiger partial charge on any atom is 0.418 e. The Labute approximate surface area is 216 Å². The number of alkyl halides is 3. The smallest absolute Gasteiger partial charge is 0.418 e. The number of pyridine rings is 1. The van der Waals surface area contributed by atoms with Gasteiger partial charge < -0.3 is 10.1 Å². The van der Waals surface area contributed by atoms with Gasteiger partial charge in [-0.15, -0.1) is 0 Å². The van der Waals surface area contributed by atoms with Gasteiger partial charge >= 0.3 is 12.1 Å². The van der Waals surface area contributed by atoms with Gasteiger partial charge in [-0.1, -0.05) is 39.0 Å². The number of nitro groups is 1. The first-order chi connectivity index (χ1) is 17.8. The fourth-order valence-corrected chi connectivity index (χ4v) is 4.74. The van der Waals surface area contributed by atoms with Crippen molar-refractivity contribution < 1.29 is 32.4 Å². The van der Waals surface area contributed by atoms with Gasteiger partial charge in [-0.25, -0.2) is 4.79 Å². The molecule has 0 aliphatic heterocycles. The van der Waals surface area contributed by atoms with Crippen molar-refractivity contribution in [1.29, 1.82) is 0 Å². The van der Waals surface area contributed by atoms with Gasteiger partial charge in [0.2, 0.25) is 0 Å². The average molecular weight is 530 g/mol. The zero-order valence-corrected chi connectivity index (χ0v) is 21.0.